The molecule has 1 aromatic carbocycles. The van der Waals surface area contributed by atoms with Crippen molar-refractivity contribution >= 4 is 28.9 Å². The molecule has 0 atom stereocenters. The summed E-state index contributed by atoms with van der Waals surface area (Å²) in [6, 6.07) is 9.21. The molecule has 0 radical (unpaired) electrons. The zero-order chi connectivity index (χ0) is 14.7. The molecule has 0 saturated carbocycles. The molecule has 0 amide bonds. The predicted molar refractivity (Wildman–Crippen MR) is 82.9 cm³/mol. The van der Waals surface area contributed by atoms with E-state index in [9.17, 15) is 0 Å². The zero-order valence-electron chi connectivity index (χ0n) is 10.9. The predicted octanol–water partition coefficient (Wildman–Crippen LogP) is 3.58. The van der Waals surface area contributed by atoms with Gasteiger partial charge in [-0.3, -0.25) is 0 Å². The van der Waals surface area contributed by atoms with Gasteiger partial charge in [0, 0.05) is 22.8 Å². The van der Waals surface area contributed by atoms with Crippen LogP contribution in [0.2, 0.25) is 10.0 Å². The van der Waals surface area contributed by atoms with Crippen molar-refractivity contribution < 1.29 is 0 Å². The highest BCUT2D eigenvalue weighted by Crippen LogP contribution is 2.23. The Morgan fingerprint density at radius 1 is 1.19 bits per heavy atom. The van der Waals surface area contributed by atoms with Gasteiger partial charge >= 0.3 is 0 Å². The highest BCUT2D eigenvalue weighted by atomic mass is 35.5. The van der Waals surface area contributed by atoms with E-state index in [0.717, 1.165) is 11.3 Å². The first-order valence-electron chi connectivity index (χ1n) is 6.22. The molecule has 3 aromatic rings. The molecular weight excluding hydrogens is 309 g/mol. The van der Waals surface area contributed by atoms with E-state index in [-0.39, 0.29) is 0 Å². The SMILES string of the molecule is Clc1ccc(CNc2cccnc2-n2cncn2)c(Cl)c1. The lowest BCUT2D eigenvalue weighted by Crippen LogP contribution is -2.06. The van der Waals surface area contributed by atoms with E-state index in [2.05, 4.69) is 20.4 Å². The molecule has 0 aliphatic rings. The molecule has 21 heavy (non-hydrogen) atoms. The van der Waals surface area contributed by atoms with E-state index in [1.807, 2.05) is 24.3 Å². The van der Waals surface area contributed by atoms with Crippen LogP contribution in [0.15, 0.2) is 49.2 Å². The molecule has 1 N–H and O–H groups in total. The Kier molecular flexibility index (Phi) is 4.03. The van der Waals surface area contributed by atoms with Crippen LogP contribution in [0.3, 0.4) is 0 Å². The third-order valence-corrected chi connectivity index (χ3v) is 3.49. The minimum Gasteiger partial charge on any atom is -0.378 e. The summed E-state index contributed by atoms with van der Waals surface area (Å²) < 4.78 is 1.60. The van der Waals surface area contributed by atoms with Crippen LogP contribution in [-0.2, 0) is 6.54 Å². The molecule has 0 fully saturated rings. The largest absolute Gasteiger partial charge is 0.378 e. The number of hydrogen-bond acceptors (Lipinski definition) is 4. The van der Waals surface area contributed by atoms with Gasteiger partial charge in [0.05, 0.1) is 5.69 Å². The van der Waals surface area contributed by atoms with Crippen LogP contribution < -0.4 is 5.32 Å². The van der Waals surface area contributed by atoms with E-state index in [0.29, 0.717) is 22.4 Å². The van der Waals surface area contributed by atoms with Gasteiger partial charge in [0.25, 0.3) is 0 Å². The average molecular weight is 320 g/mol. The van der Waals surface area contributed by atoms with Gasteiger partial charge < -0.3 is 5.32 Å². The molecule has 5 nitrogen and oxygen atoms in total. The Bertz CT molecular complexity index is 743. The Labute approximate surface area is 131 Å². The Morgan fingerprint density at radius 3 is 2.86 bits per heavy atom. The fourth-order valence-electron chi connectivity index (χ4n) is 1.89. The molecule has 0 aliphatic heterocycles. The number of hydrogen-bond donors (Lipinski definition) is 1. The van der Waals surface area contributed by atoms with E-state index in [1.165, 1.54) is 6.33 Å². The number of halogens is 2. The van der Waals surface area contributed by atoms with E-state index in [1.54, 1.807) is 23.3 Å². The summed E-state index contributed by atoms with van der Waals surface area (Å²) in [6.45, 7) is 0.559. The maximum atomic E-state index is 6.17. The molecule has 0 aliphatic carbocycles. The zero-order valence-corrected chi connectivity index (χ0v) is 12.4. The molecule has 0 unspecified atom stereocenters. The smallest absolute Gasteiger partial charge is 0.178 e. The molecule has 7 heteroatoms. The van der Waals surface area contributed by atoms with Gasteiger partial charge in [0.15, 0.2) is 5.82 Å². The van der Waals surface area contributed by atoms with E-state index >= 15 is 0 Å². The third kappa shape index (κ3) is 3.15. The van der Waals surface area contributed by atoms with Gasteiger partial charge in [-0.1, -0.05) is 29.3 Å². The summed E-state index contributed by atoms with van der Waals surface area (Å²) in [7, 11) is 0. The van der Waals surface area contributed by atoms with Gasteiger partial charge in [-0.15, -0.1) is 0 Å². The standard InChI is InChI=1S/C14H11Cl2N5/c15-11-4-3-10(12(16)6-11)7-19-13-2-1-5-18-14(13)21-9-17-8-20-21/h1-6,8-9,19H,7H2. The van der Waals surface area contributed by atoms with Crippen LogP contribution in [0.4, 0.5) is 5.69 Å². The maximum Gasteiger partial charge on any atom is 0.178 e. The lowest BCUT2D eigenvalue weighted by atomic mass is 10.2. The fourth-order valence-corrected chi connectivity index (χ4v) is 2.37. The number of nitrogens with zero attached hydrogens (tertiary/aromatic N) is 4. The number of pyridine rings is 1. The summed E-state index contributed by atoms with van der Waals surface area (Å²) in [5, 5.41) is 8.64. The number of anilines is 1. The molecule has 0 bridgehead atoms. The monoisotopic (exact) mass is 319 g/mol. The number of aromatic nitrogens is 4. The highest BCUT2D eigenvalue weighted by molar-refractivity contribution is 6.35. The number of rotatable bonds is 4. The second-order valence-corrected chi connectivity index (χ2v) is 5.15. The number of nitrogens with one attached hydrogen (secondary N) is 1. The Hall–Kier alpha value is -2.11. The lowest BCUT2D eigenvalue weighted by Gasteiger charge is -2.11. The summed E-state index contributed by atoms with van der Waals surface area (Å²) >= 11 is 12.1. The number of benzene rings is 1. The molecule has 2 aromatic heterocycles. The van der Waals surface area contributed by atoms with Crippen molar-refractivity contribution in [3.63, 3.8) is 0 Å². The van der Waals surface area contributed by atoms with Gasteiger partial charge in [-0.25, -0.2) is 14.6 Å². The summed E-state index contributed by atoms with van der Waals surface area (Å²) in [4.78, 5) is 8.24. The first-order valence-corrected chi connectivity index (χ1v) is 6.97. The molecule has 0 spiro atoms. The van der Waals surface area contributed by atoms with Gasteiger partial charge in [0.2, 0.25) is 0 Å². The van der Waals surface area contributed by atoms with Crippen molar-refractivity contribution in [1.82, 2.24) is 19.7 Å². The summed E-state index contributed by atoms with van der Waals surface area (Å²) in [6.07, 6.45) is 4.77. The van der Waals surface area contributed by atoms with Gasteiger partial charge in [0.1, 0.15) is 12.7 Å². The lowest BCUT2D eigenvalue weighted by molar-refractivity contribution is 0.844. The molecular formula is C14H11Cl2N5. The van der Waals surface area contributed by atoms with Crippen molar-refractivity contribution in [2.24, 2.45) is 0 Å². The molecule has 2 heterocycles. The van der Waals surface area contributed by atoms with Crippen molar-refractivity contribution in [3.8, 4) is 5.82 Å². The van der Waals surface area contributed by atoms with Crippen LogP contribution in [0.1, 0.15) is 5.56 Å². The quantitative estimate of drug-likeness (QED) is 0.798. The van der Waals surface area contributed by atoms with Crippen molar-refractivity contribution in [1.29, 1.82) is 0 Å². The fraction of sp³-hybridized carbons (Fsp3) is 0.0714. The van der Waals surface area contributed by atoms with Crippen LogP contribution in [0.5, 0.6) is 0 Å². The third-order valence-electron chi connectivity index (χ3n) is 2.91. The van der Waals surface area contributed by atoms with Crippen LogP contribution in [0, 0.1) is 0 Å². The summed E-state index contributed by atoms with van der Waals surface area (Å²) in [5.74, 6) is 0.681. The minimum atomic E-state index is 0.559. The van der Waals surface area contributed by atoms with Crippen molar-refractivity contribution in [2.45, 2.75) is 6.54 Å². The van der Waals surface area contributed by atoms with Gasteiger partial charge in [-0.05, 0) is 29.8 Å². The van der Waals surface area contributed by atoms with E-state index < -0.39 is 0 Å². The first-order chi connectivity index (χ1) is 10.2. The summed E-state index contributed by atoms with van der Waals surface area (Å²) in [5.41, 5.74) is 1.79. The van der Waals surface area contributed by atoms with Crippen molar-refractivity contribution in [2.75, 3.05) is 5.32 Å². The normalized spacial score (nSPS) is 10.6. The van der Waals surface area contributed by atoms with Crippen molar-refractivity contribution in [3.05, 3.63) is 64.8 Å². The molecule has 3 rings (SSSR count). The first kappa shape index (κ1) is 13.9. The Balaban J connectivity index is 1.83. The highest BCUT2D eigenvalue weighted by Gasteiger charge is 2.07. The van der Waals surface area contributed by atoms with Crippen LogP contribution >= 0.6 is 23.2 Å². The van der Waals surface area contributed by atoms with E-state index in [4.69, 9.17) is 23.2 Å². The molecule has 0 saturated heterocycles. The second-order valence-electron chi connectivity index (χ2n) is 4.30. The van der Waals surface area contributed by atoms with Crippen LogP contribution in [0.25, 0.3) is 5.82 Å². The van der Waals surface area contributed by atoms with Gasteiger partial charge in [-0.2, -0.15) is 5.10 Å². The second kappa shape index (κ2) is 6.11. The average Bonchev–Trinajstić information content (AvgIpc) is 3.01. The Morgan fingerprint density at radius 2 is 2.10 bits per heavy atom. The maximum absolute atomic E-state index is 6.17. The molecule has 106 valence electrons. The van der Waals surface area contributed by atoms with Crippen LogP contribution in [-0.4, -0.2) is 19.7 Å². The topological polar surface area (TPSA) is 55.6 Å². The minimum absolute atomic E-state index is 0.559.